The number of thiophene rings is 1. The van der Waals surface area contributed by atoms with Crippen molar-refractivity contribution in [3.05, 3.63) is 56.7 Å². The van der Waals surface area contributed by atoms with Crippen molar-refractivity contribution in [1.29, 1.82) is 0 Å². The molecule has 1 aliphatic heterocycles. The highest BCUT2D eigenvalue weighted by Crippen LogP contribution is 2.28. The molecule has 0 saturated carbocycles. The topological polar surface area (TPSA) is 41.6 Å². The SMILES string of the molecule is Cc1ccc(C(=O)NCC(c2ccccc2Cl)N2CCOCC2)s1. The van der Waals surface area contributed by atoms with E-state index in [0.29, 0.717) is 19.8 Å². The number of hydrogen-bond acceptors (Lipinski definition) is 4. The third-order valence-corrected chi connectivity index (χ3v) is 5.51. The summed E-state index contributed by atoms with van der Waals surface area (Å²) in [6.45, 7) is 5.62. The Morgan fingerprint density at radius 2 is 2.04 bits per heavy atom. The minimum Gasteiger partial charge on any atom is -0.379 e. The predicted octanol–water partition coefficient (Wildman–Crippen LogP) is 3.51. The van der Waals surface area contributed by atoms with Crippen molar-refractivity contribution in [2.75, 3.05) is 32.8 Å². The maximum atomic E-state index is 12.4. The lowest BCUT2D eigenvalue weighted by atomic mass is 10.0. The number of hydrogen-bond donors (Lipinski definition) is 1. The van der Waals surface area contributed by atoms with E-state index in [0.717, 1.165) is 33.4 Å². The number of morpholine rings is 1. The first-order valence-electron chi connectivity index (χ1n) is 8.06. The predicted molar refractivity (Wildman–Crippen MR) is 98.0 cm³/mol. The number of halogens is 1. The fourth-order valence-corrected chi connectivity index (χ4v) is 3.95. The van der Waals surface area contributed by atoms with E-state index in [1.807, 2.05) is 43.3 Å². The molecule has 1 atom stereocenters. The highest BCUT2D eigenvalue weighted by Gasteiger charge is 2.25. The second kappa shape index (κ2) is 8.12. The van der Waals surface area contributed by atoms with Crippen molar-refractivity contribution in [3.8, 4) is 0 Å². The van der Waals surface area contributed by atoms with Crippen molar-refractivity contribution in [1.82, 2.24) is 10.2 Å². The summed E-state index contributed by atoms with van der Waals surface area (Å²) in [5, 5.41) is 3.80. The Hall–Kier alpha value is -1.40. The molecule has 1 aromatic carbocycles. The third kappa shape index (κ3) is 4.16. The largest absolute Gasteiger partial charge is 0.379 e. The fourth-order valence-electron chi connectivity index (χ4n) is 2.90. The van der Waals surface area contributed by atoms with Crippen LogP contribution in [0, 0.1) is 6.92 Å². The van der Waals surface area contributed by atoms with Crippen LogP contribution in [0.1, 0.15) is 26.2 Å². The summed E-state index contributed by atoms with van der Waals surface area (Å²) < 4.78 is 5.45. The van der Waals surface area contributed by atoms with E-state index in [2.05, 4.69) is 10.2 Å². The van der Waals surface area contributed by atoms with Crippen molar-refractivity contribution in [3.63, 3.8) is 0 Å². The molecular weight excluding hydrogens is 344 g/mol. The number of aryl methyl sites for hydroxylation is 1. The van der Waals surface area contributed by atoms with Gasteiger partial charge in [0.25, 0.3) is 5.91 Å². The Morgan fingerprint density at radius 3 is 2.71 bits per heavy atom. The molecule has 3 rings (SSSR count). The first-order chi connectivity index (χ1) is 11.6. The molecule has 128 valence electrons. The lowest BCUT2D eigenvalue weighted by Gasteiger charge is -2.35. The summed E-state index contributed by atoms with van der Waals surface area (Å²) in [7, 11) is 0. The molecule has 0 radical (unpaired) electrons. The first-order valence-corrected chi connectivity index (χ1v) is 9.25. The molecule has 1 aromatic heterocycles. The highest BCUT2D eigenvalue weighted by molar-refractivity contribution is 7.13. The van der Waals surface area contributed by atoms with Crippen molar-refractivity contribution < 1.29 is 9.53 Å². The molecule has 0 aliphatic carbocycles. The maximum absolute atomic E-state index is 12.4. The standard InChI is InChI=1S/C18H21ClN2O2S/c1-13-6-7-17(24-13)18(22)20-12-16(21-8-10-23-11-9-21)14-4-2-3-5-15(14)19/h2-7,16H,8-12H2,1H3,(H,20,22). The van der Waals surface area contributed by atoms with Crippen LogP contribution in [0.3, 0.4) is 0 Å². The van der Waals surface area contributed by atoms with Gasteiger partial charge in [-0.25, -0.2) is 0 Å². The van der Waals surface area contributed by atoms with E-state index in [1.165, 1.54) is 11.3 Å². The minimum atomic E-state index is -0.0292. The first kappa shape index (κ1) is 17.4. The number of nitrogens with zero attached hydrogens (tertiary/aromatic N) is 1. The average molecular weight is 365 g/mol. The second-order valence-electron chi connectivity index (χ2n) is 5.81. The van der Waals surface area contributed by atoms with E-state index >= 15 is 0 Å². The minimum absolute atomic E-state index is 0.0292. The lowest BCUT2D eigenvalue weighted by Crippen LogP contribution is -2.43. The van der Waals surface area contributed by atoms with Crippen LogP contribution in [0.2, 0.25) is 5.02 Å². The van der Waals surface area contributed by atoms with Gasteiger partial charge < -0.3 is 10.1 Å². The zero-order valence-electron chi connectivity index (χ0n) is 13.6. The summed E-state index contributed by atoms with van der Waals surface area (Å²) in [6.07, 6.45) is 0. The van der Waals surface area contributed by atoms with Gasteiger partial charge in [0.15, 0.2) is 0 Å². The number of rotatable bonds is 5. The van der Waals surface area contributed by atoms with Gasteiger partial charge in [-0.15, -0.1) is 11.3 Å². The van der Waals surface area contributed by atoms with Crippen LogP contribution in [-0.4, -0.2) is 43.7 Å². The molecule has 1 aliphatic rings. The number of benzene rings is 1. The Kier molecular flexibility index (Phi) is 5.89. The van der Waals surface area contributed by atoms with E-state index in [-0.39, 0.29) is 11.9 Å². The normalized spacial score (nSPS) is 16.8. The Morgan fingerprint density at radius 1 is 1.29 bits per heavy atom. The van der Waals surface area contributed by atoms with Crippen molar-refractivity contribution >= 4 is 28.8 Å². The summed E-state index contributed by atoms with van der Waals surface area (Å²) in [5.41, 5.74) is 1.05. The zero-order chi connectivity index (χ0) is 16.9. The van der Waals surface area contributed by atoms with Crippen LogP contribution >= 0.6 is 22.9 Å². The van der Waals surface area contributed by atoms with E-state index < -0.39 is 0 Å². The van der Waals surface area contributed by atoms with Gasteiger partial charge in [0.1, 0.15) is 0 Å². The Balaban J connectivity index is 1.74. The third-order valence-electron chi connectivity index (χ3n) is 4.17. The average Bonchev–Trinajstić information content (AvgIpc) is 3.04. The molecule has 2 heterocycles. The molecule has 1 N–H and O–H groups in total. The summed E-state index contributed by atoms with van der Waals surface area (Å²) in [4.78, 5) is 16.6. The zero-order valence-corrected chi connectivity index (χ0v) is 15.2. The van der Waals surface area contributed by atoms with Crippen LogP contribution in [0.15, 0.2) is 36.4 Å². The number of carbonyl (C=O) groups is 1. The molecular formula is C18H21ClN2O2S. The molecule has 2 aromatic rings. The van der Waals surface area contributed by atoms with E-state index in [4.69, 9.17) is 16.3 Å². The van der Waals surface area contributed by atoms with E-state index in [9.17, 15) is 4.79 Å². The van der Waals surface area contributed by atoms with Crippen LogP contribution in [-0.2, 0) is 4.74 Å². The van der Waals surface area contributed by atoms with Crippen LogP contribution in [0.5, 0.6) is 0 Å². The number of carbonyl (C=O) groups excluding carboxylic acids is 1. The van der Waals surface area contributed by atoms with Crippen LogP contribution in [0.4, 0.5) is 0 Å². The van der Waals surface area contributed by atoms with Gasteiger partial charge in [-0.3, -0.25) is 9.69 Å². The molecule has 1 fully saturated rings. The molecule has 6 heteroatoms. The summed E-state index contributed by atoms with van der Waals surface area (Å²) in [6, 6.07) is 11.7. The van der Waals surface area contributed by atoms with Gasteiger partial charge in [-0.2, -0.15) is 0 Å². The maximum Gasteiger partial charge on any atom is 0.261 e. The van der Waals surface area contributed by atoms with Gasteiger partial charge in [-0.05, 0) is 30.7 Å². The smallest absolute Gasteiger partial charge is 0.261 e. The van der Waals surface area contributed by atoms with Gasteiger partial charge in [0.05, 0.1) is 24.1 Å². The van der Waals surface area contributed by atoms with Gasteiger partial charge in [-0.1, -0.05) is 29.8 Å². The molecule has 4 nitrogen and oxygen atoms in total. The number of amides is 1. The fraction of sp³-hybridized carbons (Fsp3) is 0.389. The lowest BCUT2D eigenvalue weighted by molar-refractivity contribution is 0.0162. The second-order valence-corrected chi connectivity index (χ2v) is 7.50. The molecule has 1 amide bonds. The molecule has 24 heavy (non-hydrogen) atoms. The van der Waals surface area contributed by atoms with Gasteiger partial charge in [0.2, 0.25) is 0 Å². The quantitative estimate of drug-likeness (QED) is 0.882. The number of ether oxygens (including phenoxy) is 1. The Bertz CT molecular complexity index is 698. The molecule has 0 spiro atoms. The Labute approximate surface area is 151 Å². The van der Waals surface area contributed by atoms with E-state index in [1.54, 1.807) is 0 Å². The van der Waals surface area contributed by atoms with Crippen LogP contribution in [0.25, 0.3) is 0 Å². The molecule has 0 bridgehead atoms. The molecule has 1 unspecified atom stereocenters. The summed E-state index contributed by atoms with van der Waals surface area (Å²) >= 11 is 7.92. The highest BCUT2D eigenvalue weighted by atomic mass is 35.5. The monoisotopic (exact) mass is 364 g/mol. The number of nitrogens with one attached hydrogen (secondary N) is 1. The van der Waals surface area contributed by atoms with Crippen molar-refractivity contribution in [2.24, 2.45) is 0 Å². The van der Waals surface area contributed by atoms with Gasteiger partial charge >= 0.3 is 0 Å². The summed E-state index contributed by atoms with van der Waals surface area (Å²) in [5.74, 6) is -0.0292. The molecule has 1 saturated heterocycles. The van der Waals surface area contributed by atoms with Crippen LogP contribution < -0.4 is 5.32 Å². The van der Waals surface area contributed by atoms with Gasteiger partial charge in [0, 0.05) is 29.5 Å². The van der Waals surface area contributed by atoms with Crippen molar-refractivity contribution in [2.45, 2.75) is 13.0 Å².